The average molecular weight is 181 g/mol. The normalized spacial score (nSPS) is 16.5. The average Bonchev–Trinajstić information content (AvgIpc) is 2.02. The van der Waals surface area contributed by atoms with E-state index in [0.717, 1.165) is 6.42 Å². The maximum Gasteiger partial charge on any atom is 0.250 e. The zero-order chi connectivity index (χ0) is 9.61. The molecule has 1 unspecified atom stereocenters. The van der Waals surface area contributed by atoms with Crippen molar-refractivity contribution in [3.8, 4) is 0 Å². The van der Waals surface area contributed by atoms with Gasteiger partial charge in [-0.15, -0.1) is 0 Å². The number of alkyl halides is 2. The summed E-state index contributed by atoms with van der Waals surface area (Å²) in [7, 11) is 0. The van der Waals surface area contributed by atoms with E-state index in [1.54, 1.807) is 0 Å². The molecule has 0 rings (SSSR count). The van der Waals surface area contributed by atoms with Crippen LogP contribution >= 0.6 is 0 Å². The van der Waals surface area contributed by atoms with Crippen LogP contribution in [-0.2, 0) is 0 Å². The van der Waals surface area contributed by atoms with Gasteiger partial charge in [-0.05, 0) is 19.8 Å². The highest BCUT2D eigenvalue weighted by molar-refractivity contribution is 4.81. The molecular formula is C8H17F2NO. The van der Waals surface area contributed by atoms with E-state index in [-0.39, 0.29) is 18.7 Å². The molecule has 0 saturated heterocycles. The fourth-order valence-electron chi connectivity index (χ4n) is 0.960. The van der Waals surface area contributed by atoms with Crippen LogP contribution in [0.25, 0.3) is 0 Å². The van der Waals surface area contributed by atoms with Crippen LogP contribution in [0.15, 0.2) is 0 Å². The summed E-state index contributed by atoms with van der Waals surface area (Å²) in [5.41, 5.74) is -0.356. The monoisotopic (exact) mass is 181 g/mol. The smallest absolute Gasteiger partial charge is 0.250 e. The lowest BCUT2D eigenvalue weighted by molar-refractivity contribution is 0.122. The van der Waals surface area contributed by atoms with Gasteiger partial charge in [0.1, 0.15) is 0 Å². The molecule has 2 N–H and O–H groups in total. The lowest BCUT2D eigenvalue weighted by atomic mass is 9.95. The summed E-state index contributed by atoms with van der Waals surface area (Å²) in [5, 5.41) is 11.4. The van der Waals surface area contributed by atoms with E-state index < -0.39 is 6.43 Å². The van der Waals surface area contributed by atoms with Crippen LogP contribution < -0.4 is 5.32 Å². The van der Waals surface area contributed by atoms with Gasteiger partial charge >= 0.3 is 0 Å². The molecule has 0 spiro atoms. The third-order valence-corrected chi connectivity index (χ3v) is 2.13. The molecule has 0 aromatic heterocycles. The fraction of sp³-hybridized carbons (Fsp3) is 1.00. The van der Waals surface area contributed by atoms with Crippen molar-refractivity contribution >= 4 is 0 Å². The van der Waals surface area contributed by atoms with Crippen LogP contribution in [-0.4, -0.2) is 30.2 Å². The Labute approximate surface area is 72.0 Å². The van der Waals surface area contributed by atoms with Crippen molar-refractivity contribution in [1.29, 1.82) is 0 Å². The predicted octanol–water partition coefficient (Wildman–Crippen LogP) is 1.39. The Hall–Kier alpha value is -0.220. The van der Waals surface area contributed by atoms with E-state index in [1.807, 2.05) is 13.8 Å². The number of rotatable bonds is 6. The first-order valence-corrected chi connectivity index (χ1v) is 4.18. The highest BCUT2D eigenvalue weighted by atomic mass is 19.3. The molecule has 0 amide bonds. The summed E-state index contributed by atoms with van der Waals surface area (Å²) in [6, 6.07) is 0. The Kier molecular flexibility index (Phi) is 5.33. The first-order chi connectivity index (χ1) is 5.54. The minimum absolute atomic E-state index is 0.0284. The molecule has 4 heteroatoms. The molecular weight excluding hydrogens is 164 g/mol. The Bertz CT molecular complexity index is 122. The molecule has 2 nitrogen and oxygen atoms in total. The topological polar surface area (TPSA) is 32.3 Å². The molecule has 0 saturated carbocycles. The Morgan fingerprint density at radius 2 is 2.08 bits per heavy atom. The molecule has 74 valence electrons. The summed E-state index contributed by atoms with van der Waals surface area (Å²) in [4.78, 5) is 0. The number of aliphatic hydroxyl groups is 1. The van der Waals surface area contributed by atoms with Gasteiger partial charge in [0.15, 0.2) is 0 Å². The maximum atomic E-state index is 11.8. The second-order valence-electron chi connectivity index (χ2n) is 3.16. The van der Waals surface area contributed by atoms with E-state index in [9.17, 15) is 8.78 Å². The molecule has 0 bridgehead atoms. The zero-order valence-electron chi connectivity index (χ0n) is 7.61. The van der Waals surface area contributed by atoms with E-state index in [4.69, 9.17) is 5.11 Å². The quantitative estimate of drug-likeness (QED) is 0.649. The van der Waals surface area contributed by atoms with Crippen LogP contribution in [0.3, 0.4) is 0 Å². The van der Waals surface area contributed by atoms with Crippen LogP contribution in [0.5, 0.6) is 0 Å². The van der Waals surface area contributed by atoms with E-state index in [2.05, 4.69) is 5.32 Å². The molecule has 0 radical (unpaired) electrons. The fourth-order valence-corrected chi connectivity index (χ4v) is 0.960. The van der Waals surface area contributed by atoms with Crippen molar-refractivity contribution in [1.82, 2.24) is 5.32 Å². The SMILES string of the molecule is CCC(C)(CCO)NCC(F)F. The Morgan fingerprint density at radius 3 is 2.42 bits per heavy atom. The minimum atomic E-state index is -2.32. The summed E-state index contributed by atoms with van der Waals surface area (Å²) < 4.78 is 23.6. The second kappa shape index (κ2) is 5.43. The zero-order valence-corrected chi connectivity index (χ0v) is 7.61. The number of aliphatic hydroxyl groups excluding tert-OH is 1. The molecule has 0 aliphatic heterocycles. The largest absolute Gasteiger partial charge is 0.396 e. The van der Waals surface area contributed by atoms with Crippen LogP contribution in [0.2, 0.25) is 0 Å². The predicted molar refractivity (Wildman–Crippen MR) is 44.4 cm³/mol. The molecule has 0 heterocycles. The van der Waals surface area contributed by atoms with E-state index >= 15 is 0 Å². The molecule has 0 aromatic rings. The standard InChI is InChI=1S/C8H17F2NO/c1-3-8(2,4-5-12)11-6-7(9)10/h7,11-12H,3-6H2,1-2H3. The van der Waals surface area contributed by atoms with Gasteiger partial charge in [-0.2, -0.15) is 0 Å². The number of hydrogen-bond donors (Lipinski definition) is 2. The van der Waals surface area contributed by atoms with Gasteiger partial charge in [-0.3, -0.25) is 0 Å². The lowest BCUT2D eigenvalue weighted by Gasteiger charge is -2.28. The molecule has 12 heavy (non-hydrogen) atoms. The Morgan fingerprint density at radius 1 is 1.50 bits per heavy atom. The maximum absolute atomic E-state index is 11.8. The first kappa shape index (κ1) is 11.8. The van der Waals surface area contributed by atoms with Crippen molar-refractivity contribution < 1.29 is 13.9 Å². The molecule has 0 aliphatic rings. The van der Waals surface area contributed by atoms with E-state index in [0.29, 0.717) is 6.42 Å². The summed E-state index contributed by atoms with van der Waals surface area (Å²) >= 11 is 0. The van der Waals surface area contributed by atoms with Gasteiger partial charge in [0, 0.05) is 12.1 Å². The number of halogens is 2. The van der Waals surface area contributed by atoms with Gasteiger partial charge in [-0.1, -0.05) is 6.92 Å². The summed E-state index contributed by atoms with van der Waals surface area (Å²) in [6.07, 6.45) is -1.08. The van der Waals surface area contributed by atoms with Crippen LogP contribution in [0.4, 0.5) is 8.78 Å². The van der Waals surface area contributed by atoms with Gasteiger partial charge in [0.25, 0.3) is 6.43 Å². The Balaban J connectivity index is 3.78. The van der Waals surface area contributed by atoms with Gasteiger partial charge in [-0.25, -0.2) is 8.78 Å². The van der Waals surface area contributed by atoms with Crippen molar-refractivity contribution in [2.45, 2.75) is 38.7 Å². The van der Waals surface area contributed by atoms with Gasteiger partial charge in [0.2, 0.25) is 0 Å². The second-order valence-corrected chi connectivity index (χ2v) is 3.16. The van der Waals surface area contributed by atoms with Crippen LogP contribution in [0.1, 0.15) is 26.7 Å². The number of hydrogen-bond acceptors (Lipinski definition) is 2. The molecule has 0 aliphatic carbocycles. The van der Waals surface area contributed by atoms with Crippen molar-refractivity contribution in [3.05, 3.63) is 0 Å². The van der Waals surface area contributed by atoms with Crippen molar-refractivity contribution in [2.75, 3.05) is 13.2 Å². The van der Waals surface area contributed by atoms with Crippen LogP contribution in [0, 0.1) is 0 Å². The summed E-state index contributed by atoms with van der Waals surface area (Å²) in [5.74, 6) is 0. The lowest BCUT2D eigenvalue weighted by Crippen LogP contribution is -2.44. The van der Waals surface area contributed by atoms with Gasteiger partial charge in [0.05, 0.1) is 6.54 Å². The summed E-state index contributed by atoms with van der Waals surface area (Å²) in [6.45, 7) is 3.48. The third kappa shape index (κ3) is 4.62. The first-order valence-electron chi connectivity index (χ1n) is 4.18. The third-order valence-electron chi connectivity index (χ3n) is 2.13. The molecule has 1 atom stereocenters. The number of nitrogens with one attached hydrogen (secondary N) is 1. The van der Waals surface area contributed by atoms with E-state index in [1.165, 1.54) is 0 Å². The highest BCUT2D eigenvalue weighted by Gasteiger charge is 2.21. The minimum Gasteiger partial charge on any atom is -0.396 e. The van der Waals surface area contributed by atoms with Gasteiger partial charge < -0.3 is 10.4 Å². The molecule has 0 aromatic carbocycles. The molecule has 0 fully saturated rings. The van der Waals surface area contributed by atoms with Crippen molar-refractivity contribution in [3.63, 3.8) is 0 Å². The highest BCUT2D eigenvalue weighted by Crippen LogP contribution is 2.13. The van der Waals surface area contributed by atoms with Crippen molar-refractivity contribution in [2.24, 2.45) is 0 Å².